The molecule has 2 amide bonds. The minimum atomic E-state index is -0.598. The average molecular weight is 372 g/mol. The van der Waals surface area contributed by atoms with E-state index in [4.69, 9.17) is 4.74 Å². The van der Waals surface area contributed by atoms with Crippen molar-refractivity contribution in [2.24, 2.45) is 0 Å². The van der Waals surface area contributed by atoms with Gasteiger partial charge < -0.3 is 15.4 Å². The van der Waals surface area contributed by atoms with E-state index in [1.807, 2.05) is 5.38 Å². The summed E-state index contributed by atoms with van der Waals surface area (Å²) in [4.78, 5) is 36.6. The van der Waals surface area contributed by atoms with E-state index in [0.717, 1.165) is 25.7 Å². The molecule has 0 saturated heterocycles. The number of benzene rings is 1. The van der Waals surface area contributed by atoms with Gasteiger partial charge in [-0.25, -0.2) is 4.79 Å². The molecule has 0 atom stereocenters. The average Bonchev–Trinajstić information content (AvgIpc) is 3.33. The summed E-state index contributed by atoms with van der Waals surface area (Å²) in [6, 6.07) is 10.2. The van der Waals surface area contributed by atoms with Gasteiger partial charge in [-0.2, -0.15) is 0 Å². The molecule has 1 heterocycles. The van der Waals surface area contributed by atoms with E-state index < -0.39 is 5.97 Å². The predicted octanol–water partition coefficient (Wildman–Crippen LogP) is 3.22. The van der Waals surface area contributed by atoms with Crippen LogP contribution in [0.15, 0.2) is 41.8 Å². The third kappa shape index (κ3) is 4.92. The molecule has 1 saturated carbocycles. The van der Waals surface area contributed by atoms with Gasteiger partial charge in [-0.3, -0.25) is 9.59 Å². The van der Waals surface area contributed by atoms with Crippen LogP contribution in [0.2, 0.25) is 0 Å². The van der Waals surface area contributed by atoms with Gasteiger partial charge in [0, 0.05) is 11.7 Å². The second kappa shape index (κ2) is 8.62. The summed E-state index contributed by atoms with van der Waals surface area (Å²) in [5.74, 6) is -1.12. The zero-order chi connectivity index (χ0) is 18.4. The Kier molecular flexibility index (Phi) is 6.01. The van der Waals surface area contributed by atoms with Crippen LogP contribution in [0, 0.1) is 0 Å². The quantitative estimate of drug-likeness (QED) is 0.763. The van der Waals surface area contributed by atoms with Gasteiger partial charge in [0.15, 0.2) is 6.61 Å². The smallest absolute Gasteiger partial charge is 0.338 e. The largest absolute Gasteiger partial charge is 0.452 e. The van der Waals surface area contributed by atoms with Crippen LogP contribution in [0.4, 0.5) is 5.69 Å². The Balaban J connectivity index is 1.52. The van der Waals surface area contributed by atoms with E-state index in [-0.39, 0.29) is 30.0 Å². The van der Waals surface area contributed by atoms with Crippen molar-refractivity contribution in [1.82, 2.24) is 5.32 Å². The van der Waals surface area contributed by atoms with Gasteiger partial charge in [-0.1, -0.05) is 25.0 Å². The lowest BCUT2D eigenvalue weighted by atomic mass is 10.2. The van der Waals surface area contributed by atoms with Crippen molar-refractivity contribution in [1.29, 1.82) is 0 Å². The number of thiophene rings is 1. The maximum absolute atomic E-state index is 12.1. The molecule has 1 aromatic heterocycles. The fourth-order valence-electron chi connectivity index (χ4n) is 2.88. The second-order valence-corrected chi connectivity index (χ2v) is 7.08. The topological polar surface area (TPSA) is 84.5 Å². The lowest BCUT2D eigenvalue weighted by Crippen LogP contribution is -2.35. The van der Waals surface area contributed by atoms with E-state index in [9.17, 15) is 14.4 Å². The van der Waals surface area contributed by atoms with Gasteiger partial charge in [0.05, 0.1) is 10.4 Å². The van der Waals surface area contributed by atoms with Crippen LogP contribution >= 0.6 is 11.3 Å². The number of carbonyl (C=O) groups excluding carboxylic acids is 3. The predicted molar refractivity (Wildman–Crippen MR) is 99.4 cm³/mol. The van der Waals surface area contributed by atoms with E-state index >= 15 is 0 Å². The van der Waals surface area contributed by atoms with Crippen molar-refractivity contribution < 1.29 is 19.1 Å². The Morgan fingerprint density at radius 2 is 1.92 bits per heavy atom. The first-order valence-electron chi connectivity index (χ1n) is 8.53. The molecule has 0 aliphatic heterocycles. The molecule has 136 valence electrons. The molecule has 1 aliphatic rings. The fourth-order valence-corrected chi connectivity index (χ4v) is 3.50. The van der Waals surface area contributed by atoms with Crippen LogP contribution in [0.1, 0.15) is 45.7 Å². The van der Waals surface area contributed by atoms with Crippen LogP contribution in [0.25, 0.3) is 0 Å². The first-order chi connectivity index (χ1) is 12.6. The van der Waals surface area contributed by atoms with Crippen LogP contribution < -0.4 is 10.6 Å². The molecule has 2 N–H and O–H groups in total. The van der Waals surface area contributed by atoms with E-state index in [1.165, 1.54) is 17.4 Å². The lowest BCUT2D eigenvalue weighted by Gasteiger charge is -2.12. The number of anilines is 1. The molecule has 0 spiro atoms. The molecule has 0 bridgehead atoms. The Morgan fingerprint density at radius 1 is 1.12 bits per heavy atom. The maximum atomic E-state index is 12.1. The van der Waals surface area contributed by atoms with Crippen LogP contribution in [0.3, 0.4) is 0 Å². The molecule has 1 fully saturated rings. The Labute approximate surface area is 155 Å². The van der Waals surface area contributed by atoms with Crippen LogP contribution in [-0.2, 0) is 9.53 Å². The standard InChI is InChI=1S/C19H20N2O4S/c22-17(20-14-6-1-2-7-14)12-25-19(24)13-5-3-8-15(11-13)21-18(23)16-9-4-10-26-16/h3-5,8-11,14H,1-2,6-7,12H2,(H,20,22)(H,21,23). The van der Waals surface area contributed by atoms with Crippen LogP contribution in [-0.4, -0.2) is 30.4 Å². The molecule has 1 aliphatic carbocycles. The first kappa shape index (κ1) is 18.1. The van der Waals surface area contributed by atoms with Gasteiger partial charge in [0.25, 0.3) is 11.8 Å². The summed E-state index contributed by atoms with van der Waals surface area (Å²) in [5, 5.41) is 7.42. The molecular formula is C19H20N2O4S. The third-order valence-corrected chi connectivity index (χ3v) is 5.02. The normalized spacial score (nSPS) is 14.0. The minimum Gasteiger partial charge on any atom is -0.452 e. The number of carbonyl (C=O) groups is 3. The van der Waals surface area contributed by atoms with E-state index in [2.05, 4.69) is 10.6 Å². The number of esters is 1. The van der Waals surface area contributed by atoms with Gasteiger partial charge in [-0.05, 0) is 42.5 Å². The van der Waals surface area contributed by atoms with Crippen molar-refractivity contribution in [3.63, 3.8) is 0 Å². The van der Waals surface area contributed by atoms with Gasteiger partial charge in [0.1, 0.15) is 0 Å². The van der Waals surface area contributed by atoms with Crippen LogP contribution in [0.5, 0.6) is 0 Å². The Bertz CT molecular complexity index is 783. The van der Waals surface area contributed by atoms with E-state index in [1.54, 1.807) is 30.3 Å². The van der Waals surface area contributed by atoms with Gasteiger partial charge in [0.2, 0.25) is 0 Å². The molecule has 3 rings (SSSR count). The number of hydrogen-bond donors (Lipinski definition) is 2. The third-order valence-electron chi connectivity index (χ3n) is 4.16. The summed E-state index contributed by atoms with van der Waals surface area (Å²) >= 11 is 1.34. The minimum absolute atomic E-state index is 0.192. The van der Waals surface area contributed by atoms with Crippen molar-refractivity contribution in [3.05, 3.63) is 52.2 Å². The van der Waals surface area contributed by atoms with Gasteiger partial charge in [-0.15, -0.1) is 11.3 Å². The number of amides is 2. The van der Waals surface area contributed by atoms with Crippen molar-refractivity contribution in [2.45, 2.75) is 31.7 Å². The highest BCUT2D eigenvalue weighted by atomic mass is 32.1. The molecular weight excluding hydrogens is 352 g/mol. The highest BCUT2D eigenvalue weighted by Gasteiger charge is 2.18. The molecule has 6 nitrogen and oxygen atoms in total. The monoisotopic (exact) mass is 372 g/mol. The first-order valence-corrected chi connectivity index (χ1v) is 9.41. The van der Waals surface area contributed by atoms with Crippen molar-refractivity contribution >= 4 is 34.8 Å². The maximum Gasteiger partial charge on any atom is 0.338 e. The van der Waals surface area contributed by atoms with Crippen molar-refractivity contribution in [2.75, 3.05) is 11.9 Å². The van der Waals surface area contributed by atoms with E-state index in [0.29, 0.717) is 10.6 Å². The summed E-state index contributed by atoms with van der Waals surface area (Å²) in [6.07, 6.45) is 4.20. The number of rotatable bonds is 6. The Morgan fingerprint density at radius 3 is 2.65 bits per heavy atom. The Hall–Kier alpha value is -2.67. The zero-order valence-electron chi connectivity index (χ0n) is 14.2. The number of hydrogen-bond acceptors (Lipinski definition) is 5. The molecule has 0 radical (unpaired) electrons. The SMILES string of the molecule is O=C(COC(=O)c1cccc(NC(=O)c2cccs2)c1)NC1CCCC1. The fraction of sp³-hybridized carbons (Fsp3) is 0.316. The zero-order valence-corrected chi connectivity index (χ0v) is 15.0. The highest BCUT2D eigenvalue weighted by Crippen LogP contribution is 2.18. The molecule has 0 unspecified atom stereocenters. The summed E-state index contributed by atoms with van der Waals surface area (Å²) in [6.45, 7) is -0.304. The molecule has 7 heteroatoms. The summed E-state index contributed by atoms with van der Waals surface area (Å²) < 4.78 is 5.07. The summed E-state index contributed by atoms with van der Waals surface area (Å²) in [7, 11) is 0. The molecule has 2 aromatic rings. The highest BCUT2D eigenvalue weighted by molar-refractivity contribution is 7.12. The number of ether oxygens (including phenoxy) is 1. The second-order valence-electron chi connectivity index (χ2n) is 6.14. The van der Waals surface area contributed by atoms with Crippen molar-refractivity contribution in [3.8, 4) is 0 Å². The lowest BCUT2D eigenvalue weighted by molar-refractivity contribution is -0.124. The number of nitrogens with one attached hydrogen (secondary N) is 2. The molecule has 26 heavy (non-hydrogen) atoms. The van der Waals surface area contributed by atoms with Gasteiger partial charge >= 0.3 is 5.97 Å². The summed E-state index contributed by atoms with van der Waals surface area (Å²) in [5.41, 5.74) is 0.774. The molecule has 1 aromatic carbocycles.